The summed E-state index contributed by atoms with van der Waals surface area (Å²) in [4.78, 5) is 12.2. The first-order valence-electron chi connectivity index (χ1n) is 9.56. The number of benzene rings is 3. The van der Waals surface area contributed by atoms with Gasteiger partial charge in [0.15, 0.2) is 6.61 Å². The number of rotatable bonds is 9. The van der Waals surface area contributed by atoms with Crippen molar-refractivity contribution < 1.29 is 17.9 Å². The zero-order valence-corrected chi connectivity index (χ0v) is 17.5. The summed E-state index contributed by atoms with van der Waals surface area (Å²) in [5, 5.41) is 2.70. The molecule has 0 aliphatic rings. The summed E-state index contributed by atoms with van der Waals surface area (Å²) in [6, 6.07) is 23.1. The van der Waals surface area contributed by atoms with Crippen LogP contribution in [0.5, 0.6) is 5.75 Å². The summed E-state index contributed by atoms with van der Waals surface area (Å²) < 4.78 is 33.0. The molecule has 0 unspecified atom stereocenters. The van der Waals surface area contributed by atoms with Crippen LogP contribution in [-0.2, 0) is 21.2 Å². The lowest BCUT2D eigenvalue weighted by Gasteiger charge is -2.10. The average molecular weight is 425 g/mol. The monoisotopic (exact) mass is 424 g/mol. The van der Waals surface area contributed by atoms with E-state index in [1.54, 1.807) is 18.2 Å². The van der Waals surface area contributed by atoms with E-state index in [9.17, 15) is 13.2 Å². The Morgan fingerprint density at radius 2 is 1.57 bits per heavy atom. The van der Waals surface area contributed by atoms with E-state index < -0.39 is 10.0 Å². The summed E-state index contributed by atoms with van der Waals surface area (Å²) in [5.74, 6) is 0.325. The van der Waals surface area contributed by atoms with Gasteiger partial charge in [0.25, 0.3) is 5.91 Å². The largest absolute Gasteiger partial charge is 0.483 e. The maximum absolute atomic E-state index is 12.4. The molecule has 7 heteroatoms. The number of carbonyl (C=O) groups excluding carboxylic acids is 1. The maximum Gasteiger partial charge on any atom is 0.262 e. The molecular formula is C23H24N2O4S. The molecule has 3 aromatic rings. The van der Waals surface area contributed by atoms with Crippen molar-refractivity contribution in [3.63, 3.8) is 0 Å². The lowest BCUT2D eigenvalue weighted by atomic mass is 10.2. The zero-order chi connectivity index (χ0) is 21.4. The van der Waals surface area contributed by atoms with E-state index in [-0.39, 0.29) is 17.4 Å². The van der Waals surface area contributed by atoms with E-state index in [1.165, 1.54) is 12.1 Å². The van der Waals surface area contributed by atoms with Gasteiger partial charge in [0, 0.05) is 12.2 Å². The van der Waals surface area contributed by atoms with E-state index >= 15 is 0 Å². The van der Waals surface area contributed by atoms with Gasteiger partial charge < -0.3 is 10.1 Å². The molecule has 6 nitrogen and oxygen atoms in total. The Kier molecular flexibility index (Phi) is 7.21. The first kappa shape index (κ1) is 21.5. The molecule has 0 saturated heterocycles. The van der Waals surface area contributed by atoms with Gasteiger partial charge in [-0.25, -0.2) is 13.1 Å². The molecule has 156 valence electrons. The Morgan fingerprint density at radius 3 is 2.27 bits per heavy atom. The van der Waals surface area contributed by atoms with Crippen LogP contribution >= 0.6 is 0 Å². The van der Waals surface area contributed by atoms with Crippen LogP contribution in [0.4, 0.5) is 5.69 Å². The first-order valence-corrected chi connectivity index (χ1v) is 11.0. The van der Waals surface area contributed by atoms with Crippen LogP contribution in [0.2, 0.25) is 0 Å². The Labute approximate surface area is 177 Å². The van der Waals surface area contributed by atoms with Crippen molar-refractivity contribution in [3.05, 3.63) is 90.0 Å². The van der Waals surface area contributed by atoms with Crippen molar-refractivity contribution in [2.45, 2.75) is 18.2 Å². The number of hydrogen-bond acceptors (Lipinski definition) is 4. The van der Waals surface area contributed by atoms with E-state index in [0.29, 0.717) is 24.4 Å². The molecule has 0 bridgehead atoms. The standard InChI is InChI=1S/C23H24N2O4S/c1-18-7-5-6-10-22(18)29-17-23(26)25-20-11-13-21(14-12-20)30(27,28)24-16-15-19-8-3-2-4-9-19/h2-14,24H,15-17H2,1H3,(H,25,26). The minimum absolute atomic E-state index is 0.133. The molecule has 0 aliphatic heterocycles. The van der Waals surface area contributed by atoms with Gasteiger partial charge in [-0.1, -0.05) is 48.5 Å². The molecule has 2 N–H and O–H groups in total. The van der Waals surface area contributed by atoms with Gasteiger partial charge >= 0.3 is 0 Å². The van der Waals surface area contributed by atoms with Gasteiger partial charge in [-0.2, -0.15) is 0 Å². The Morgan fingerprint density at radius 1 is 0.900 bits per heavy atom. The highest BCUT2D eigenvalue weighted by Crippen LogP contribution is 2.17. The van der Waals surface area contributed by atoms with Gasteiger partial charge in [0.2, 0.25) is 10.0 Å². The van der Waals surface area contributed by atoms with Crippen molar-refractivity contribution in [2.75, 3.05) is 18.5 Å². The highest BCUT2D eigenvalue weighted by atomic mass is 32.2. The molecule has 0 heterocycles. The second-order valence-corrected chi connectivity index (χ2v) is 8.53. The highest BCUT2D eigenvalue weighted by Gasteiger charge is 2.13. The maximum atomic E-state index is 12.4. The molecule has 0 saturated carbocycles. The first-order chi connectivity index (χ1) is 14.4. The third kappa shape index (κ3) is 6.17. The van der Waals surface area contributed by atoms with Crippen LogP contribution < -0.4 is 14.8 Å². The summed E-state index contributed by atoms with van der Waals surface area (Å²) in [6.45, 7) is 2.08. The smallest absolute Gasteiger partial charge is 0.262 e. The Hall–Kier alpha value is -3.16. The van der Waals surface area contributed by atoms with Crippen molar-refractivity contribution in [2.24, 2.45) is 0 Å². The number of hydrogen-bond donors (Lipinski definition) is 2. The number of carbonyl (C=O) groups is 1. The third-order valence-electron chi connectivity index (χ3n) is 4.45. The lowest BCUT2D eigenvalue weighted by molar-refractivity contribution is -0.118. The fourth-order valence-electron chi connectivity index (χ4n) is 2.83. The number of para-hydroxylation sites is 1. The molecule has 3 aromatic carbocycles. The second-order valence-electron chi connectivity index (χ2n) is 6.76. The fraction of sp³-hybridized carbons (Fsp3) is 0.174. The van der Waals surface area contributed by atoms with Crippen molar-refractivity contribution in [1.82, 2.24) is 4.72 Å². The number of sulfonamides is 1. The molecule has 0 atom stereocenters. The number of aryl methyl sites for hydroxylation is 1. The summed E-state index contributed by atoms with van der Waals surface area (Å²) in [6.07, 6.45) is 0.606. The molecule has 30 heavy (non-hydrogen) atoms. The van der Waals surface area contributed by atoms with Crippen LogP contribution in [-0.4, -0.2) is 27.5 Å². The number of ether oxygens (including phenoxy) is 1. The minimum atomic E-state index is -3.61. The molecule has 3 rings (SSSR count). The van der Waals surface area contributed by atoms with Crippen LogP contribution in [0.3, 0.4) is 0 Å². The topological polar surface area (TPSA) is 84.5 Å². The zero-order valence-electron chi connectivity index (χ0n) is 16.7. The van der Waals surface area contributed by atoms with Crippen molar-refractivity contribution in [1.29, 1.82) is 0 Å². The molecule has 0 fully saturated rings. The lowest BCUT2D eigenvalue weighted by Crippen LogP contribution is -2.26. The van der Waals surface area contributed by atoms with Gasteiger partial charge in [-0.15, -0.1) is 0 Å². The molecule has 0 aromatic heterocycles. The Balaban J connectivity index is 1.50. The van der Waals surface area contributed by atoms with E-state index in [1.807, 2.05) is 55.5 Å². The van der Waals surface area contributed by atoms with Gasteiger partial charge in [-0.3, -0.25) is 4.79 Å². The van der Waals surface area contributed by atoms with Crippen LogP contribution in [0.25, 0.3) is 0 Å². The number of amides is 1. The summed E-state index contributed by atoms with van der Waals surface area (Å²) in [7, 11) is -3.61. The van der Waals surface area contributed by atoms with Crippen molar-refractivity contribution in [3.8, 4) is 5.75 Å². The van der Waals surface area contributed by atoms with E-state index in [0.717, 1.165) is 11.1 Å². The van der Waals surface area contributed by atoms with Crippen LogP contribution in [0.1, 0.15) is 11.1 Å². The van der Waals surface area contributed by atoms with Gasteiger partial charge in [0.05, 0.1) is 4.90 Å². The van der Waals surface area contributed by atoms with E-state index in [2.05, 4.69) is 10.0 Å². The molecule has 0 aliphatic carbocycles. The molecule has 1 amide bonds. The van der Waals surface area contributed by atoms with E-state index in [4.69, 9.17) is 4.74 Å². The number of nitrogens with one attached hydrogen (secondary N) is 2. The van der Waals surface area contributed by atoms with Gasteiger partial charge in [-0.05, 0) is 54.8 Å². The molecule has 0 spiro atoms. The quantitative estimate of drug-likeness (QED) is 0.550. The SMILES string of the molecule is Cc1ccccc1OCC(=O)Nc1ccc(S(=O)(=O)NCCc2ccccc2)cc1. The van der Waals surface area contributed by atoms with Crippen LogP contribution in [0.15, 0.2) is 83.8 Å². The third-order valence-corrected chi connectivity index (χ3v) is 5.93. The number of anilines is 1. The fourth-order valence-corrected chi connectivity index (χ4v) is 3.87. The normalized spacial score (nSPS) is 11.1. The summed E-state index contributed by atoms with van der Waals surface area (Å²) in [5.41, 5.74) is 2.50. The minimum Gasteiger partial charge on any atom is -0.483 e. The van der Waals surface area contributed by atoms with Gasteiger partial charge in [0.1, 0.15) is 5.75 Å². The second kappa shape index (κ2) is 10.0. The van der Waals surface area contributed by atoms with Crippen molar-refractivity contribution >= 4 is 21.6 Å². The highest BCUT2D eigenvalue weighted by molar-refractivity contribution is 7.89. The predicted octanol–water partition coefficient (Wildman–Crippen LogP) is 3.53. The Bertz CT molecular complexity index is 1080. The molecule has 0 radical (unpaired) electrons. The van der Waals surface area contributed by atoms with Crippen LogP contribution in [0, 0.1) is 6.92 Å². The molecular weight excluding hydrogens is 400 g/mol. The average Bonchev–Trinajstić information content (AvgIpc) is 2.74. The summed E-state index contributed by atoms with van der Waals surface area (Å²) >= 11 is 0. The predicted molar refractivity (Wildman–Crippen MR) is 117 cm³/mol.